The molecule has 1 atom stereocenters. The molecular weight excluding hydrogens is 166 g/mol. The lowest BCUT2D eigenvalue weighted by atomic mass is 9.84. The van der Waals surface area contributed by atoms with E-state index in [1.54, 1.807) is 12.4 Å². The molecule has 0 bridgehead atoms. The van der Waals surface area contributed by atoms with Gasteiger partial charge in [-0.25, -0.2) is 0 Å². The van der Waals surface area contributed by atoms with Gasteiger partial charge in [-0.15, -0.1) is 0 Å². The fourth-order valence-corrected chi connectivity index (χ4v) is 1.89. The van der Waals surface area contributed by atoms with Crippen molar-refractivity contribution in [2.45, 2.75) is 25.2 Å². The van der Waals surface area contributed by atoms with E-state index < -0.39 is 5.97 Å². The summed E-state index contributed by atoms with van der Waals surface area (Å²) in [6.45, 7) is 0. The third-order valence-corrected chi connectivity index (χ3v) is 2.56. The fourth-order valence-electron chi connectivity index (χ4n) is 1.89. The number of hydrogen-bond acceptors (Lipinski definition) is 2. The molecule has 0 aliphatic heterocycles. The second kappa shape index (κ2) is 3.17. The molecule has 1 unspecified atom stereocenters. The van der Waals surface area contributed by atoms with Gasteiger partial charge in [-0.2, -0.15) is 0 Å². The van der Waals surface area contributed by atoms with Crippen molar-refractivity contribution in [2.24, 2.45) is 0 Å². The van der Waals surface area contributed by atoms with Gasteiger partial charge >= 0.3 is 5.97 Å². The molecular formula is C10H11NO2. The van der Waals surface area contributed by atoms with E-state index in [9.17, 15) is 4.79 Å². The molecule has 0 amide bonds. The molecule has 1 aromatic rings. The van der Waals surface area contributed by atoms with Crippen LogP contribution in [0.25, 0.3) is 0 Å². The Labute approximate surface area is 76.4 Å². The van der Waals surface area contributed by atoms with Gasteiger partial charge in [0.1, 0.15) is 0 Å². The van der Waals surface area contributed by atoms with E-state index in [4.69, 9.17) is 5.11 Å². The summed E-state index contributed by atoms with van der Waals surface area (Å²) in [5.41, 5.74) is 2.05. The fraction of sp³-hybridized carbons (Fsp3) is 0.400. The molecule has 0 aromatic carbocycles. The molecule has 1 aromatic heterocycles. The summed E-state index contributed by atoms with van der Waals surface area (Å²) in [6, 6.07) is 1.92. The summed E-state index contributed by atoms with van der Waals surface area (Å²) in [4.78, 5) is 14.9. The number of aromatic nitrogens is 1. The monoisotopic (exact) mass is 177 g/mol. The molecule has 2 rings (SSSR count). The molecule has 0 saturated heterocycles. The lowest BCUT2D eigenvalue weighted by molar-refractivity contribution is -0.139. The Kier molecular flexibility index (Phi) is 2.00. The Balaban J connectivity index is 2.42. The van der Waals surface area contributed by atoms with Crippen molar-refractivity contribution < 1.29 is 9.90 Å². The maximum Gasteiger partial charge on any atom is 0.311 e. The first-order chi connectivity index (χ1) is 6.29. The molecule has 3 nitrogen and oxygen atoms in total. The van der Waals surface area contributed by atoms with Gasteiger partial charge in [-0.3, -0.25) is 9.78 Å². The molecule has 1 aliphatic carbocycles. The molecule has 68 valence electrons. The Morgan fingerprint density at radius 1 is 1.62 bits per heavy atom. The topological polar surface area (TPSA) is 50.2 Å². The Morgan fingerprint density at radius 3 is 3.23 bits per heavy atom. The molecule has 3 heteroatoms. The van der Waals surface area contributed by atoms with Gasteiger partial charge < -0.3 is 5.11 Å². The highest BCUT2D eigenvalue weighted by molar-refractivity contribution is 5.76. The van der Waals surface area contributed by atoms with Gasteiger partial charge in [0.05, 0.1) is 5.92 Å². The third-order valence-electron chi connectivity index (χ3n) is 2.56. The number of carbonyl (C=O) groups is 1. The van der Waals surface area contributed by atoms with Crippen molar-refractivity contribution in [1.82, 2.24) is 4.98 Å². The quantitative estimate of drug-likeness (QED) is 0.708. The summed E-state index contributed by atoms with van der Waals surface area (Å²) < 4.78 is 0. The lowest BCUT2D eigenvalue weighted by Crippen LogP contribution is -2.18. The number of aliphatic carboxylic acids is 1. The standard InChI is InChI=1S/C10H11NO2/c12-10(13)8-3-1-2-7-4-5-11-6-9(7)8/h4-6,8H,1-3H2,(H,12,13). The van der Waals surface area contributed by atoms with Crippen LogP contribution in [0.4, 0.5) is 0 Å². The Hall–Kier alpha value is -1.38. The number of pyridine rings is 1. The third kappa shape index (κ3) is 1.41. The zero-order valence-corrected chi connectivity index (χ0v) is 7.23. The van der Waals surface area contributed by atoms with E-state index in [0.717, 1.165) is 30.4 Å². The first kappa shape index (κ1) is 8.23. The first-order valence-corrected chi connectivity index (χ1v) is 4.44. The maximum absolute atomic E-state index is 10.9. The van der Waals surface area contributed by atoms with Crippen LogP contribution in [-0.2, 0) is 11.2 Å². The average molecular weight is 177 g/mol. The number of hydrogen-bond donors (Lipinski definition) is 1. The van der Waals surface area contributed by atoms with Crippen LogP contribution in [0, 0.1) is 0 Å². The lowest BCUT2D eigenvalue weighted by Gasteiger charge is -2.21. The van der Waals surface area contributed by atoms with Gasteiger partial charge in [0.25, 0.3) is 0 Å². The molecule has 1 heterocycles. The van der Waals surface area contributed by atoms with Crippen molar-refractivity contribution in [1.29, 1.82) is 0 Å². The van der Waals surface area contributed by atoms with Crippen molar-refractivity contribution in [3.05, 3.63) is 29.6 Å². The van der Waals surface area contributed by atoms with E-state index in [0.29, 0.717) is 0 Å². The van der Waals surface area contributed by atoms with Crippen LogP contribution in [0.3, 0.4) is 0 Å². The van der Waals surface area contributed by atoms with Crippen LogP contribution in [0.2, 0.25) is 0 Å². The van der Waals surface area contributed by atoms with Crippen molar-refractivity contribution in [3.8, 4) is 0 Å². The van der Waals surface area contributed by atoms with Gasteiger partial charge in [-0.1, -0.05) is 0 Å². The number of aryl methyl sites for hydroxylation is 1. The number of rotatable bonds is 1. The molecule has 0 radical (unpaired) electrons. The summed E-state index contributed by atoms with van der Waals surface area (Å²) in [6.07, 6.45) is 6.11. The summed E-state index contributed by atoms with van der Waals surface area (Å²) >= 11 is 0. The SMILES string of the molecule is O=C(O)C1CCCc2ccncc21. The minimum absolute atomic E-state index is 0.336. The van der Waals surface area contributed by atoms with E-state index in [1.165, 1.54) is 0 Å². The Morgan fingerprint density at radius 2 is 2.46 bits per heavy atom. The molecule has 1 aliphatic rings. The molecule has 1 N–H and O–H groups in total. The number of fused-ring (bicyclic) bond motifs is 1. The highest BCUT2D eigenvalue weighted by Gasteiger charge is 2.25. The van der Waals surface area contributed by atoms with Crippen LogP contribution >= 0.6 is 0 Å². The highest BCUT2D eigenvalue weighted by Crippen LogP contribution is 2.30. The van der Waals surface area contributed by atoms with Crippen molar-refractivity contribution in [2.75, 3.05) is 0 Å². The summed E-state index contributed by atoms with van der Waals surface area (Å²) in [7, 11) is 0. The number of carboxylic acids is 1. The Bertz CT molecular complexity index is 335. The molecule has 0 fully saturated rings. The summed E-state index contributed by atoms with van der Waals surface area (Å²) in [5.74, 6) is -1.06. The van der Waals surface area contributed by atoms with Crippen LogP contribution in [0.15, 0.2) is 18.5 Å². The van der Waals surface area contributed by atoms with E-state index >= 15 is 0 Å². The number of nitrogens with zero attached hydrogens (tertiary/aromatic N) is 1. The van der Waals surface area contributed by atoms with Crippen molar-refractivity contribution in [3.63, 3.8) is 0 Å². The van der Waals surface area contributed by atoms with Crippen LogP contribution in [0.1, 0.15) is 29.9 Å². The minimum Gasteiger partial charge on any atom is -0.481 e. The van der Waals surface area contributed by atoms with Gasteiger partial charge in [0.2, 0.25) is 0 Å². The zero-order valence-electron chi connectivity index (χ0n) is 7.23. The van der Waals surface area contributed by atoms with E-state index in [1.807, 2.05) is 6.07 Å². The number of carboxylic acid groups (broad SMARTS) is 1. The predicted octanol–water partition coefficient (Wildman–Crippen LogP) is 1.59. The highest BCUT2D eigenvalue weighted by atomic mass is 16.4. The maximum atomic E-state index is 10.9. The van der Waals surface area contributed by atoms with E-state index in [-0.39, 0.29) is 5.92 Å². The second-order valence-electron chi connectivity index (χ2n) is 3.36. The molecule has 13 heavy (non-hydrogen) atoms. The molecule has 0 spiro atoms. The van der Waals surface area contributed by atoms with Crippen LogP contribution < -0.4 is 0 Å². The van der Waals surface area contributed by atoms with E-state index in [2.05, 4.69) is 4.98 Å². The molecule has 0 saturated carbocycles. The van der Waals surface area contributed by atoms with Crippen LogP contribution in [0.5, 0.6) is 0 Å². The smallest absolute Gasteiger partial charge is 0.311 e. The van der Waals surface area contributed by atoms with Gasteiger partial charge in [0.15, 0.2) is 0 Å². The second-order valence-corrected chi connectivity index (χ2v) is 3.36. The first-order valence-electron chi connectivity index (χ1n) is 4.44. The largest absolute Gasteiger partial charge is 0.481 e. The normalized spacial score (nSPS) is 20.8. The van der Waals surface area contributed by atoms with Gasteiger partial charge in [0, 0.05) is 12.4 Å². The average Bonchev–Trinajstić information content (AvgIpc) is 2.17. The predicted molar refractivity (Wildman–Crippen MR) is 47.6 cm³/mol. The van der Waals surface area contributed by atoms with Crippen LogP contribution in [-0.4, -0.2) is 16.1 Å². The van der Waals surface area contributed by atoms with Crippen molar-refractivity contribution >= 4 is 5.97 Å². The minimum atomic E-state index is -0.728. The van der Waals surface area contributed by atoms with Gasteiger partial charge in [-0.05, 0) is 36.5 Å². The zero-order chi connectivity index (χ0) is 9.26. The summed E-state index contributed by atoms with van der Waals surface area (Å²) in [5, 5.41) is 8.96.